The van der Waals surface area contributed by atoms with E-state index >= 15 is 0 Å². The van der Waals surface area contributed by atoms with Crippen molar-refractivity contribution >= 4 is 33.5 Å². The summed E-state index contributed by atoms with van der Waals surface area (Å²) in [5.74, 6) is -0.601. The highest BCUT2D eigenvalue weighted by Gasteiger charge is 2.21. The van der Waals surface area contributed by atoms with Gasteiger partial charge in [-0.3, -0.25) is 4.79 Å². The molecule has 1 aromatic rings. The molecule has 0 aromatic carbocycles. The van der Waals surface area contributed by atoms with Gasteiger partial charge in [-0.05, 0) is 5.56 Å². The molecule has 0 aliphatic rings. The first kappa shape index (κ1) is 14.3. The third-order valence-corrected chi connectivity index (χ3v) is 3.08. The van der Waals surface area contributed by atoms with Crippen LogP contribution in [0.5, 0.6) is 0 Å². The quantitative estimate of drug-likeness (QED) is 0.484. The Bertz CT molecular complexity index is 429. The maximum absolute atomic E-state index is 12.8. The van der Waals surface area contributed by atoms with E-state index in [-0.39, 0.29) is 28.0 Å². The highest BCUT2D eigenvalue weighted by molar-refractivity contribution is 9.08. The SMILES string of the molecule is COC(=O)Cc1c(C(F)F)cnc(Cl)c1CBr. The molecular formula is C10H9BrClF2NO2. The van der Waals surface area contributed by atoms with Gasteiger partial charge in [-0.1, -0.05) is 27.5 Å². The molecule has 94 valence electrons. The number of ether oxygens (including phenoxy) is 1. The van der Waals surface area contributed by atoms with Crippen LogP contribution in [0.1, 0.15) is 23.1 Å². The molecule has 7 heteroatoms. The van der Waals surface area contributed by atoms with E-state index in [0.29, 0.717) is 5.56 Å². The van der Waals surface area contributed by atoms with E-state index in [1.54, 1.807) is 0 Å². The highest BCUT2D eigenvalue weighted by atomic mass is 79.9. The summed E-state index contributed by atoms with van der Waals surface area (Å²) < 4.78 is 30.0. The molecule has 1 rings (SSSR count). The van der Waals surface area contributed by atoms with Crippen LogP contribution in [0.15, 0.2) is 6.20 Å². The minimum atomic E-state index is -2.71. The minimum Gasteiger partial charge on any atom is -0.469 e. The summed E-state index contributed by atoms with van der Waals surface area (Å²) in [5, 5.41) is 0.344. The molecule has 0 aliphatic heterocycles. The Morgan fingerprint density at radius 3 is 2.71 bits per heavy atom. The topological polar surface area (TPSA) is 39.2 Å². The van der Waals surface area contributed by atoms with Gasteiger partial charge in [-0.15, -0.1) is 0 Å². The zero-order valence-corrected chi connectivity index (χ0v) is 11.2. The van der Waals surface area contributed by atoms with Crippen molar-refractivity contribution in [1.29, 1.82) is 0 Å². The normalized spacial score (nSPS) is 10.7. The fourth-order valence-corrected chi connectivity index (χ4v) is 2.32. The third kappa shape index (κ3) is 3.35. The standard InChI is InChI=1S/C10H9BrClF2NO2/c1-17-8(16)2-5-6(3-11)9(12)15-4-7(5)10(13)14/h4,10H,2-3H2,1H3. The summed E-state index contributed by atoms with van der Waals surface area (Å²) in [6.07, 6.45) is -1.98. The van der Waals surface area contributed by atoms with Gasteiger partial charge in [0, 0.05) is 22.7 Å². The molecular weight excluding hydrogens is 319 g/mol. The average molecular weight is 329 g/mol. The number of hydrogen-bond acceptors (Lipinski definition) is 3. The van der Waals surface area contributed by atoms with Crippen LogP contribution in [0, 0.1) is 0 Å². The van der Waals surface area contributed by atoms with Crippen molar-refractivity contribution in [3.05, 3.63) is 28.0 Å². The lowest BCUT2D eigenvalue weighted by Gasteiger charge is -2.12. The minimum absolute atomic E-state index is 0.102. The van der Waals surface area contributed by atoms with E-state index in [9.17, 15) is 13.6 Å². The zero-order chi connectivity index (χ0) is 13.0. The summed E-state index contributed by atoms with van der Waals surface area (Å²) in [7, 11) is 1.20. The Morgan fingerprint density at radius 1 is 1.59 bits per heavy atom. The maximum Gasteiger partial charge on any atom is 0.310 e. The number of nitrogens with zero attached hydrogens (tertiary/aromatic N) is 1. The molecule has 0 unspecified atom stereocenters. The van der Waals surface area contributed by atoms with Crippen LogP contribution in [0.25, 0.3) is 0 Å². The molecule has 0 spiro atoms. The molecule has 17 heavy (non-hydrogen) atoms. The second kappa shape index (κ2) is 6.26. The van der Waals surface area contributed by atoms with Crippen LogP contribution >= 0.6 is 27.5 Å². The third-order valence-electron chi connectivity index (χ3n) is 2.20. The van der Waals surface area contributed by atoms with Crippen LogP contribution < -0.4 is 0 Å². The Morgan fingerprint density at radius 2 is 2.24 bits per heavy atom. The van der Waals surface area contributed by atoms with Crippen LogP contribution in [-0.2, 0) is 21.3 Å². The van der Waals surface area contributed by atoms with Gasteiger partial charge in [-0.25, -0.2) is 13.8 Å². The Hall–Kier alpha value is -0.750. The highest BCUT2D eigenvalue weighted by Crippen LogP contribution is 2.30. The molecule has 0 atom stereocenters. The zero-order valence-electron chi connectivity index (χ0n) is 8.84. The monoisotopic (exact) mass is 327 g/mol. The number of alkyl halides is 3. The van der Waals surface area contributed by atoms with Crippen LogP contribution in [0.3, 0.4) is 0 Å². The van der Waals surface area contributed by atoms with E-state index in [1.807, 2.05) is 0 Å². The number of aromatic nitrogens is 1. The van der Waals surface area contributed by atoms with Crippen LogP contribution in [0.4, 0.5) is 8.78 Å². The predicted octanol–water partition coefficient (Wildman–Crippen LogP) is 3.28. The average Bonchev–Trinajstić information content (AvgIpc) is 2.28. The number of carbonyl (C=O) groups excluding carboxylic acids is 1. The maximum atomic E-state index is 12.8. The van der Waals surface area contributed by atoms with Gasteiger partial charge in [0.2, 0.25) is 0 Å². The van der Waals surface area contributed by atoms with E-state index < -0.39 is 12.4 Å². The summed E-state index contributed by atoms with van der Waals surface area (Å²) in [4.78, 5) is 14.9. The number of methoxy groups -OCH3 is 1. The fourth-order valence-electron chi connectivity index (χ4n) is 1.33. The summed E-state index contributed by atoms with van der Waals surface area (Å²) in [6, 6.07) is 0. The van der Waals surface area contributed by atoms with Crippen molar-refractivity contribution in [3.63, 3.8) is 0 Å². The molecule has 0 bridgehead atoms. The van der Waals surface area contributed by atoms with E-state index in [4.69, 9.17) is 11.6 Å². The van der Waals surface area contributed by atoms with Gasteiger partial charge in [0.25, 0.3) is 6.43 Å². The van der Waals surface area contributed by atoms with Crippen molar-refractivity contribution in [1.82, 2.24) is 4.98 Å². The molecule has 0 saturated heterocycles. The first-order valence-electron chi connectivity index (χ1n) is 4.58. The predicted molar refractivity (Wildman–Crippen MR) is 62.6 cm³/mol. The van der Waals surface area contributed by atoms with E-state index in [1.165, 1.54) is 7.11 Å². The van der Waals surface area contributed by atoms with Crippen molar-refractivity contribution in [3.8, 4) is 0 Å². The van der Waals surface area contributed by atoms with Crippen molar-refractivity contribution in [2.75, 3.05) is 7.11 Å². The number of pyridine rings is 1. The fraction of sp³-hybridized carbons (Fsp3) is 0.400. The van der Waals surface area contributed by atoms with Gasteiger partial charge in [0.05, 0.1) is 13.5 Å². The second-order valence-electron chi connectivity index (χ2n) is 3.15. The first-order chi connectivity index (χ1) is 8.01. The number of hydrogen-bond donors (Lipinski definition) is 0. The number of esters is 1. The van der Waals surface area contributed by atoms with Crippen molar-refractivity contribution in [2.45, 2.75) is 18.2 Å². The molecule has 0 saturated carbocycles. The second-order valence-corrected chi connectivity index (χ2v) is 4.07. The lowest BCUT2D eigenvalue weighted by Crippen LogP contribution is -2.10. The lowest BCUT2D eigenvalue weighted by atomic mass is 10.0. The van der Waals surface area contributed by atoms with E-state index in [2.05, 4.69) is 25.7 Å². The van der Waals surface area contributed by atoms with Gasteiger partial charge < -0.3 is 4.74 Å². The molecule has 1 aromatic heterocycles. The van der Waals surface area contributed by atoms with Crippen molar-refractivity contribution < 1.29 is 18.3 Å². The van der Waals surface area contributed by atoms with Gasteiger partial charge in [0.1, 0.15) is 5.15 Å². The number of rotatable bonds is 4. The molecule has 0 aliphatic carbocycles. The molecule has 0 amide bonds. The Kier molecular flexibility index (Phi) is 5.27. The summed E-state index contributed by atoms with van der Waals surface area (Å²) in [6.45, 7) is 0. The Balaban J connectivity index is 3.28. The summed E-state index contributed by atoms with van der Waals surface area (Å²) >= 11 is 8.93. The Labute approximate surface area is 110 Å². The number of carbonyl (C=O) groups is 1. The molecule has 1 heterocycles. The molecule has 0 radical (unpaired) electrons. The van der Waals surface area contributed by atoms with Gasteiger partial charge >= 0.3 is 5.97 Å². The largest absolute Gasteiger partial charge is 0.469 e. The number of halogens is 4. The lowest BCUT2D eigenvalue weighted by molar-refractivity contribution is -0.139. The van der Waals surface area contributed by atoms with Crippen LogP contribution in [-0.4, -0.2) is 18.1 Å². The smallest absolute Gasteiger partial charge is 0.310 e. The van der Waals surface area contributed by atoms with Gasteiger partial charge in [0.15, 0.2) is 0 Å². The first-order valence-corrected chi connectivity index (χ1v) is 6.08. The van der Waals surface area contributed by atoms with Crippen molar-refractivity contribution in [2.24, 2.45) is 0 Å². The summed E-state index contributed by atoms with van der Waals surface area (Å²) in [5.41, 5.74) is 0.257. The van der Waals surface area contributed by atoms with E-state index in [0.717, 1.165) is 6.20 Å². The van der Waals surface area contributed by atoms with Gasteiger partial charge in [-0.2, -0.15) is 0 Å². The molecule has 3 nitrogen and oxygen atoms in total. The molecule has 0 fully saturated rings. The molecule has 0 N–H and O–H groups in total. The van der Waals surface area contributed by atoms with Crippen LogP contribution in [0.2, 0.25) is 5.15 Å².